The van der Waals surface area contributed by atoms with E-state index in [1.165, 1.54) is 50.5 Å². The number of carbonyl (C=O) groups is 1. The third kappa shape index (κ3) is 34.6. The number of carbonyl (C=O) groups excluding carboxylic acids is 1. The largest absolute Gasteiger partial charge is 0.491 e. The zero-order valence-electron chi connectivity index (χ0n) is 38.3. The fourth-order valence-corrected chi connectivity index (χ4v) is 5.75. The predicted molar refractivity (Wildman–Crippen MR) is 242 cm³/mol. The van der Waals surface area contributed by atoms with Crippen molar-refractivity contribution in [2.24, 2.45) is 0 Å². The molecule has 2 aromatic carbocycles. The van der Waals surface area contributed by atoms with Crippen molar-refractivity contribution in [1.82, 2.24) is 0 Å². The molecule has 0 aliphatic carbocycles. The molecular formula is C48H81NO13. The summed E-state index contributed by atoms with van der Waals surface area (Å²) in [5.41, 5.74) is 2.89. The molecular weight excluding hydrogens is 799 g/mol. The van der Waals surface area contributed by atoms with E-state index in [2.05, 4.69) is 43.4 Å². The molecule has 0 heterocycles. The van der Waals surface area contributed by atoms with Crippen LogP contribution in [0.15, 0.2) is 48.5 Å². The molecule has 0 aliphatic rings. The molecule has 1 N–H and O–H groups in total. The monoisotopic (exact) mass is 880 g/mol. The van der Waals surface area contributed by atoms with E-state index in [9.17, 15) is 4.79 Å². The summed E-state index contributed by atoms with van der Waals surface area (Å²) >= 11 is 0. The van der Waals surface area contributed by atoms with Gasteiger partial charge in [-0.1, -0.05) is 70.9 Å². The van der Waals surface area contributed by atoms with Gasteiger partial charge in [0, 0.05) is 12.2 Å². The quantitative estimate of drug-likeness (QED) is 0.0516. The molecule has 0 bridgehead atoms. The van der Waals surface area contributed by atoms with Gasteiger partial charge in [0.2, 0.25) is 0 Å². The van der Waals surface area contributed by atoms with Gasteiger partial charge in [-0.05, 0) is 61.2 Å². The summed E-state index contributed by atoms with van der Waals surface area (Å²) in [7, 11) is 0. The smallest absolute Gasteiger partial charge is 0.338 e. The molecule has 0 spiro atoms. The van der Waals surface area contributed by atoms with Crippen LogP contribution in [0.4, 0.5) is 5.69 Å². The number of nitrogens with one attached hydrogen (secondary N) is 1. The molecule has 0 unspecified atom stereocenters. The van der Waals surface area contributed by atoms with E-state index in [0.29, 0.717) is 144 Å². The van der Waals surface area contributed by atoms with E-state index in [1.807, 2.05) is 12.1 Å². The average Bonchev–Trinajstić information content (AvgIpc) is 3.29. The molecule has 0 fully saturated rings. The number of ether oxygens (including phenoxy) is 12. The lowest BCUT2D eigenvalue weighted by Gasteiger charge is -2.09. The number of unbranched alkanes of at least 4 members (excludes halogenated alkanes) is 7. The zero-order chi connectivity index (χ0) is 44.1. The Morgan fingerprint density at radius 3 is 1.19 bits per heavy atom. The van der Waals surface area contributed by atoms with Gasteiger partial charge in [-0.15, -0.1) is 0 Å². The molecule has 0 aromatic heterocycles. The highest BCUT2D eigenvalue weighted by molar-refractivity contribution is 5.89. The van der Waals surface area contributed by atoms with E-state index >= 15 is 0 Å². The first-order chi connectivity index (χ1) is 30.7. The topological polar surface area (TPSA) is 140 Å². The van der Waals surface area contributed by atoms with Crippen molar-refractivity contribution in [3.05, 3.63) is 59.7 Å². The number of hydrogen-bond acceptors (Lipinski definition) is 14. The summed E-state index contributed by atoms with van der Waals surface area (Å²) in [6, 6.07) is 15.7. The van der Waals surface area contributed by atoms with Crippen LogP contribution in [0.1, 0.15) is 87.6 Å². The first kappa shape index (κ1) is 55.2. The minimum atomic E-state index is -0.361. The first-order valence-electron chi connectivity index (χ1n) is 23.2. The number of anilines is 1. The summed E-state index contributed by atoms with van der Waals surface area (Å²) < 4.78 is 66.3. The highest BCUT2D eigenvalue weighted by Gasteiger charge is 2.07. The van der Waals surface area contributed by atoms with Gasteiger partial charge in [-0.25, -0.2) is 4.79 Å². The third-order valence-corrected chi connectivity index (χ3v) is 9.28. The van der Waals surface area contributed by atoms with Crippen LogP contribution < -0.4 is 10.1 Å². The molecule has 14 heteroatoms. The zero-order valence-corrected chi connectivity index (χ0v) is 38.3. The van der Waals surface area contributed by atoms with Crippen LogP contribution in [0.3, 0.4) is 0 Å². The Bertz CT molecular complexity index is 1240. The van der Waals surface area contributed by atoms with E-state index in [0.717, 1.165) is 37.2 Å². The van der Waals surface area contributed by atoms with Gasteiger partial charge in [0.25, 0.3) is 0 Å². The maximum atomic E-state index is 12.2. The van der Waals surface area contributed by atoms with Crippen LogP contribution in [0.25, 0.3) is 0 Å². The third-order valence-electron chi connectivity index (χ3n) is 9.28. The standard InChI is InChI=1S/C48H81NO13/c1-3-5-7-8-9-10-11-12-44-13-19-47(20-14-44)61-42-40-59-38-36-57-34-32-55-30-28-53-26-24-51-22-23-52-25-27-54-29-31-56-33-35-58-37-39-60-41-43-62-48(50)45-15-17-46(18-16-45)49-21-6-4-2/h13-20,49H,3-12,21-43H2,1-2H3. The van der Waals surface area contributed by atoms with Gasteiger partial charge in [-0.3, -0.25) is 0 Å². The second-order valence-electron chi connectivity index (χ2n) is 14.5. The van der Waals surface area contributed by atoms with Crippen molar-refractivity contribution in [3.8, 4) is 5.75 Å². The molecule has 62 heavy (non-hydrogen) atoms. The van der Waals surface area contributed by atoms with Crippen molar-refractivity contribution in [3.63, 3.8) is 0 Å². The van der Waals surface area contributed by atoms with Crippen LogP contribution in [0.2, 0.25) is 0 Å². The predicted octanol–water partition coefficient (Wildman–Crippen LogP) is 7.59. The molecule has 2 rings (SSSR count). The van der Waals surface area contributed by atoms with Crippen LogP contribution >= 0.6 is 0 Å². The van der Waals surface area contributed by atoms with Crippen LogP contribution in [-0.2, 0) is 58.5 Å². The molecule has 14 nitrogen and oxygen atoms in total. The van der Waals surface area contributed by atoms with Gasteiger partial charge in [0.05, 0.1) is 138 Å². The van der Waals surface area contributed by atoms with Crippen molar-refractivity contribution in [1.29, 1.82) is 0 Å². The summed E-state index contributed by atoms with van der Waals surface area (Å²) in [4.78, 5) is 12.2. The number of hydrogen-bond donors (Lipinski definition) is 1. The normalized spacial score (nSPS) is 11.3. The number of aryl methyl sites for hydroxylation is 1. The lowest BCUT2D eigenvalue weighted by molar-refractivity contribution is -0.0273. The molecule has 0 radical (unpaired) electrons. The summed E-state index contributed by atoms with van der Waals surface area (Å²) in [6.07, 6.45) is 12.7. The van der Waals surface area contributed by atoms with Gasteiger partial charge in [0.15, 0.2) is 0 Å². The van der Waals surface area contributed by atoms with E-state index in [-0.39, 0.29) is 12.6 Å². The van der Waals surface area contributed by atoms with Crippen LogP contribution in [-0.4, -0.2) is 158 Å². The number of rotatable bonds is 47. The molecule has 0 aliphatic heterocycles. The Morgan fingerprint density at radius 2 is 0.774 bits per heavy atom. The second-order valence-corrected chi connectivity index (χ2v) is 14.5. The second kappa shape index (κ2) is 43.4. The minimum Gasteiger partial charge on any atom is -0.491 e. The highest BCUT2D eigenvalue weighted by atomic mass is 16.6. The van der Waals surface area contributed by atoms with Crippen LogP contribution in [0.5, 0.6) is 5.75 Å². The molecule has 0 saturated carbocycles. The van der Waals surface area contributed by atoms with Crippen molar-refractivity contribution >= 4 is 11.7 Å². The molecule has 0 saturated heterocycles. The molecule has 2 aromatic rings. The Balaban J connectivity index is 1.18. The van der Waals surface area contributed by atoms with E-state index in [1.54, 1.807) is 12.1 Å². The maximum absolute atomic E-state index is 12.2. The van der Waals surface area contributed by atoms with E-state index in [4.69, 9.17) is 56.8 Å². The Labute approximate surface area is 373 Å². The van der Waals surface area contributed by atoms with Crippen molar-refractivity contribution < 1.29 is 61.6 Å². The van der Waals surface area contributed by atoms with E-state index < -0.39 is 0 Å². The minimum absolute atomic E-state index is 0.189. The van der Waals surface area contributed by atoms with Crippen molar-refractivity contribution in [2.45, 2.75) is 78.1 Å². The lowest BCUT2D eigenvalue weighted by atomic mass is 10.0. The molecule has 0 atom stereocenters. The Morgan fingerprint density at radius 1 is 0.403 bits per heavy atom. The fraction of sp³-hybridized carbons (Fsp3) is 0.729. The van der Waals surface area contributed by atoms with Crippen molar-refractivity contribution in [2.75, 3.05) is 157 Å². The first-order valence-corrected chi connectivity index (χ1v) is 23.2. The molecule has 356 valence electrons. The highest BCUT2D eigenvalue weighted by Crippen LogP contribution is 2.15. The summed E-state index contributed by atoms with van der Waals surface area (Å²) in [5.74, 6) is 0.521. The maximum Gasteiger partial charge on any atom is 0.338 e. The van der Waals surface area contributed by atoms with Gasteiger partial charge >= 0.3 is 5.97 Å². The van der Waals surface area contributed by atoms with Gasteiger partial charge in [0.1, 0.15) is 19.0 Å². The summed E-state index contributed by atoms with van der Waals surface area (Å²) in [6.45, 7) is 15.7. The van der Waals surface area contributed by atoms with Gasteiger partial charge in [-0.2, -0.15) is 0 Å². The number of esters is 1. The SMILES string of the molecule is CCCCCCCCCc1ccc(OCCOCCOCCOCCOCCOCCOCCOCCOCCOCCOCCOC(=O)c2ccc(NCCCC)cc2)cc1. The molecule has 0 amide bonds. The lowest BCUT2D eigenvalue weighted by Crippen LogP contribution is -2.16. The van der Waals surface area contributed by atoms with Gasteiger partial charge < -0.3 is 62.2 Å². The number of benzene rings is 2. The fourth-order valence-electron chi connectivity index (χ4n) is 5.75. The average molecular weight is 880 g/mol. The Kier molecular flexibility index (Phi) is 38.6. The summed E-state index contributed by atoms with van der Waals surface area (Å²) in [5, 5.41) is 3.32. The Hall–Kier alpha value is -2.89. The van der Waals surface area contributed by atoms with Crippen LogP contribution in [0, 0.1) is 0 Å².